The molecule has 1 fully saturated rings. The second-order valence-corrected chi connectivity index (χ2v) is 8.32. The summed E-state index contributed by atoms with van der Waals surface area (Å²) in [5.74, 6) is 1.31. The Morgan fingerprint density at radius 3 is 2.61 bits per heavy atom. The standard InChI is InChI=1S/C26H28N4O3/c1-17-4-6-22-21(12-17)25(20(14-27)16-28-22)30-10-8-19(9-11-30)26(31)29-15-18-5-7-23(32-2)24(13-18)33-3/h4-7,12-13,16,19H,8-11,15H2,1-3H3,(H,29,31). The Labute approximate surface area is 193 Å². The third kappa shape index (κ3) is 4.70. The molecule has 1 amide bonds. The average Bonchev–Trinajstić information content (AvgIpc) is 2.86. The predicted molar refractivity (Wildman–Crippen MR) is 128 cm³/mol. The Bertz CT molecular complexity index is 1210. The van der Waals surface area contributed by atoms with Crippen molar-refractivity contribution in [3.8, 4) is 17.6 Å². The van der Waals surface area contributed by atoms with E-state index in [1.165, 1.54) is 0 Å². The van der Waals surface area contributed by atoms with E-state index in [-0.39, 0.29) is 11.8 Å². The summed E-state index contributed by atoms with van der Waals surface area (Å²) in [5.41, 5.74) is 4.46. The Morgan fingerprint density at radius 1 is 1.15 bits per heavy atom. The van der Waals surface area contributed by atoms with E-state index in [1.807, 2.05) is 37.3 Å². The van der Waals surface area contributed by atoms with E-state index in [0.29, 0.717) is 23.6 Å². The number of fused-ring (bicyclic) bond motifs is 1. The zero-order valence-corrected chi connectivity index (χ0v) is 19.2. The fourth-order valence-corrected chi connectivity index (χ4v) is 4.40. The number of amides is 1. The van der Waals surface area contributed by atoms with Crippen molar-refractivity contribution in [3.63, 3.8) is 0 Å². The molecule has 0 unspecified atom stereocenters. The number of aryl methyl sites for hydroxylation is 1. The molecule has 1 saturated heterocycles. The SMILES string of the molecule is COc1ccc(CNC(=O)C2CCN(c3c(C#N)cnc4ccc(C)cc34)CC2)cc1OC. The van der Waals surface area contributed by atoms with Crippen LogP contribution in [0.2, 0.25) is 0 Å². The van der Waals surface area contributed by atoms with Crippen molar-refractivity contribution in [2.45, 2.75) is 26.3 Å². The van der Waals surface area contributed by atoms with Gasteiger partial charge in [-0.25, -0.2) is 0 Å². The molecule has 2 aromatic carbocycles. The zero-order valence-electron chi connectivity index (χ0n) is 19.2. The monoisotopic (exact) mass is 444 g/mol. The van der Waals surface area contributed by atoms with E-state index >= 15 is 0 Å². The van der Waals surface area contributed by atoms with Crippen LogP contribution < -0.4 is 19.7 Å². The molecule has 170 valence electrons. The molecule has 0 spiro atoms. The van der Waals surface area contributed by atoms with Crippen molar-refractivity contribution < 1.29 is 14.3 Å². The number of aromatic nitrogens is 1. The highest BCUT2D eigenvalue weighted by atomic mass is 16.5. The molecule has 0 radical (unpaired) electrons. The number of methoxy groups -OCH3 is 2. The number of nitrogens with one attached hydrogen (secondary N) is 1. The number of nitriles is 1. The Morgan fingerprint density at radius 2 is 1.91 bits per heavy atom. The van der Waals surface area contributed by atoms with E-state index in [0.717, 1.165) is 53.6 Å². The van der Waals surface area contributed by atoms with Crippen LogP contribution in [0.4, 0.5) is 5.69 Å². The summed E-state index contributed by atoms with van der Waals surface area (Å²) in [6.07, 6.45) is 3.12. The van der Waals surface area contributed by atoms with Crippen LogP contribution in [0.1, 0.15) is 29.5 Å². The van der Waals surface area contributed by atoms with Gasteiger partial charge in [-0.1, -0.05) is 17.7 Å². The molecule has 4 rings (SSSR count). The van der Waals surface area contributed by atoms with Gasteiger partial charge in [0, 0.05) is 37.1 Å². The number of ether oxygens (including phenoxy) is 2. The van der Waals surface area contributed by atoms with Crippen LogP contribution in [0.5, 0.6) is 11.5 Å². The third-order valence-electron chi connectivity index (χ3n) is 6.21. The molecule has 2 heterocycles. The van der Waals surface area contributed by atoms with E-state index in [9.17, 15) is 10.1 Å². The van der Waals surface area contributed by atoms with Crippen LogP contribution in [-0.4, -0.2) is 38.2 Å². The minimum absolute atomic E-state index is 0.0539. The second-order valence-electron chi connectivity index (χ2n) is 8.32. The molecule has 7 heteroatoms. The van der Waals surface area contributed by atoms with Crippen LogP contribution in [0, 0.1) is 24.2 Å². The van der Waals surface area contributed by atoms with Gasteiger partial charge in [-0.3, -0.25) is 9.78 Å². The lowest BCUT2D eigenvalue weighted by Crippen LogP contribution is -2.40. The molecular formula is C26H28N4O3. The first-order valence-corrected chi connectivity index (χ1v) is 11.1. The molecule has 1 aromatic heterocycles. The normalized spacial score (nSPS) is 14.1. The first-order valence-electron chi connectivity index (χ1n) is 11.1. The number of piperidine rings is 1. The lowest BCUT2D eigenvalue weighted by atomic mass is 9.94. The van der Waals surface area contributed by atoms with E-state index in [1.54, 1.807) is 20.4 Å². The molecule has 0 saturated carbocycles. The van der Waals surface area contributed by atoms with Gasteiger partial charge in [0.05, 0.1) is 31.0 Å². The number of hydrogen-bond acceptors (Lipinski definition) is 6. The van der Waals surface area contributed by atoms with Crippen molar-refractivity contribution in [3.05, 3.63) is 59.3 Å². The maximum Gasteiger partial charge on any atom is 0.223 e. The zero-order chi connectivity index (χ0) is 23.4. The smallest absolute Gasteiger partial charge is 0.223 e. The summed E-state index contributed by atoms with van der Waals surface area (Å²) < 4.78 is 10.6. The third-order valence-corrected chi connectivity index (χ3v) is 6.21. The van der Waals surface area contributed by atoms with Crippen LogP contribution in [0.3, 0.4) is 0 Å². The Kier molecular flexibility index (Phi) is 6.64. The topological polar surface area (TPSA) is 87.5 Å². The highest BCUT2D eigenvalue weighted by Crippen LogP contribution is 2.33. The molecule has 0 aliphatic carbocycles. The molecule has 1 aliphatic heterocycles. The Balaban J connectivity index is 1.42. The quantitative estimate of drug-likeness (QED) is 0.619. The van der Waals surface area contributed by atoms with Crippen molar-refractivity contribution in [2.24, 2.45) is 5.92 Å². The lowest BCUT2D eigenvalue weighted by Gasteiger charge is -2.34. The van der Waals surface area contributed by atoms with E-state index in [4.69, 9.17) is 9.47 Å². The van der Waals surface area contributed by atoms with Crippen LogP contribution >= 0.6 is 0 Å². The maximum atomic E-state index is 12.8. The summed E-state index contributed by atoms with van der Waals surface area (Å²) in [6, 6.07) is 14.0. The summed E-state index contributed by atoms with van der Waals surface area (Å²) in [4.78, 5) is 19.5. The largest absolute Gasteiger partial charge is 0.493 e. The second kappa shape index (κ2) is 9.78. The van der Waals surface area contributed by atoms with Gasteiger partial charge in [0.15, 0.2) is 11.5 Å². The van der Waals surface area contributed by atoms with Crippen molar-refractivity contribution in [1.29, 1.82) is 5.26 Å². The van der Waals surface area contributed by atoms with E-state index < -0.39 is 0 Å². The highest BCUT2D eigenvalue weighted by Gasteiger charge is 2.27. The molecule has 0 bridgehead atoms. The molecule has 33 heavy (non-hydrogen) atoms. The summed E-state index contributed by atoms with van der Waals surface area (Å²) >= 11 is 0. The lowest BCUT2D eigenvalue weighted by molar-refractivity contribution is -0.125. The van der Waals surface area contributed by atoms with Gasteiger partial charge in [0.2, 0.25) is 5.91 Å². The van der Waals surface area contributed by atoms with Gasteiger partial charge in [-0.2, -0.15) is 5.26 Å². The predicted octanol–water partition coefficient (Wildman–Crippen LogP) is 3.96. The van der Waals surface area contributed by atoms with Crippen LogP contribution in [-0.2, 0) is 11.3 Å². The van der Waals surface area contributed by atoms with Gasteiger partial charge < -0.3 is 19.7 Å². The van der Waals surface area contributed by atoms with Crippen molar-refractivity contribution >= 4 is 22.5 Å². The molecule has 1 N–H and O–H groups in total. The number of hydrogen-bond donors (Lipinski definition) is 1. The number of carbonyl (C=O) groups is 1. The molecular weight excluding hydrogens is 416 g/mol. The fourth-order valence-electron chi connectivity index (χ4n) is 4.40. The van der Waals surface area contributed by atoms with E-state index in [2.05, 4.69) is 27.3 Å². The number of anilines is 1. The van der Waals surface area contributed by atoms with Gasteiger partial charge in [0.1, 0.15) is 6.07 Å². The summed E-state index contributed by atoms with van der Waals surface area (Å²) in [7, 11) is 3.19. The van der Waals surface area contributed by atoms with Crippen LogP contribution in [0.25, 0.3) is 10.9 Å². The number of nitrogens with zero attached hydrogens (tertiary/aromatic N) is 3. The fraction of sp³-hybridized carbons (Fsp3) is 0.346. The summed E-state index contributed by atoms with van der Waals surface area (Å²) in [5, 5.41) is 13.7. The number of pyridine rings is 1. The van der Waals surface area contributed by atoms with Gasteiger partial charge in [-0.15, -0.1) is 0 Å². The first kappa shape index (κ1) is 22.4. The minimum Gasteiger partial charge on any atom is -0.493 e. The molecule has 3 aromatic rings. The Hall–Kier alpha value is -3.79. The molecule has 7 nitrogen and oxygen atoms in total. The van der Waals surface area contributed by atoms with Crippen molar-refractivity contribution in [1.82, 2.24) is 10.3 Å². The minimum atomic E-state index is -0.0539. The van der Waals surface area contributed by atoms with Gasteiger partial charge in [0.25, 0.3) is 0 Å². The van der Waals surface area contributed by atoms with Crippen molar-refractivity contribution in [2.75, 3.05) is 32.2 Å². The number of benzene rings is 2. The molecule has 0 atom stereocenters. The summed E-state index contributed by atoms with van der Waals surface area (Å²) in [6.45, 7) is 3.91. The highest BCUT2D eigenvalue weighted by molar-refractivity contribution is 5.95. The maximum absolute atomic E-state index is 12.8. The van der Waals surface area contributed by atoms with Gasteiger partial charge in [-0.05, 0) is 49.6 Å². The average molecular weight is 445 g/mol. The number of rotatable bonds is 6. The number of carbonyl (C=O) groups excluding carboxylic acids is 1. The first-order chi connectivity index (χ1) is 16.0. The molecule has 1 aliphatic rings. The van der Waals surface area contributed by atoms with Crippen LogP contribution in [0.15, 0.2) is 42.6 Å². The van der Waals surface area contributed by atoms with Gasteiger partial charge >= 0.3 is 0 Å².